The molecule has 2 aromatic carbocycles. The molecule has 2 amide bonds. The summed E-state index contributed by atoms with van der Waals surface area (Å²) in [6.45, 7) is 3.74. The van der Waals surface area contributed by atoms with Crippen LogP contribution in [0.1, 0.15) is 29.8 Å². The summed E-state index contributed by atoms with van der Waals surface area (Å²) in [5.74, 6) is -0.285. The molecule has 3 N–H and O–H groups in total. The summed E-state index contributed by atoms with van der Waals surface area (Å²) in [4.78, 5) is 24.3. The standard InChI is InChI=1S/C19H20ClN3O3S/c1-12(2)26-16-6-4-3-5-15(16)18(25)21-19(27)23-22-17(24)11-13-7-9-14(20)10-8-13/h3-10,12H,11H2,1-2H3,(H,22,24)(H2,21,23,25,27). The number of nitrogens with one attached hydrogen (secondary N) is 3. The summed E-state index contributed by atoms with van der Waals surface area (Å²) < 4.78 is 5.62. The Bertz CT molecular complexity index is 825. The molecule has 0 aliphatic rings. The van der Waals surface area contributed by atoms with Gasteiger partial charge in [0, 0.05) is 5.02 Å². The average Bonchev–Trinajstić information content (AvgIpc) is 2.62. The van der Waals surface area contributed by atoms with Crippen LogP contribution < -0.4 is 20.9 Å². The van der Waals surface area contributed by atoms with Crippen molar-refractivity contribution in [2.24, 2.45) is 0 Å². The molecule has 27 heavy (non-hydrogen) atoms. The van der Waals surface area contributed by atoms with E-state index in [0.717, 1.165) is 5.56 Å². The molecule has 0 unspecified atom stereocenters. The van der Waals surface area contributed by atoms with Gasteiger partial charge in [0.15, 0.2) is 5.11 Å². The van der Waals surface area contributed by atoms with Crippen molar-refractivity contribution in [1.82, 2.24) is 16.2 Å². The van der Waals surface area contributed by atoms with Gasteiger partial charge >= 0.3 is 0 Å². The van der Waals surface area contributed by atoms with Gasteiger partial charge in [-0.3, -0.25) is 25.8 Å². The van der Waals surface area contributed by atoms with Gasteiger partial charge in [-0.25, -0.2) is 0 Å². The zero-order valence-corrected chi connectivity index (χ0v) is 16.5. The van der Waals surface area contributed by atoms with E-state index in [0.29, 0.717) is 16.3 Å². The van der Waals surface area contributed by atoms with Gasteiger partial charge in [-0.15, -0.1) is 0 Å². The van der Waals surface area contributed by atoms with Crippen LogP contribution in [-0.4, -0.2) is 23.0 Å². The van der Waals surface area contributed by atoms with Crippen molar-refractivity contribution in [3.63, 3.8) is 0 Å². The molecular weight excluding hydrogens is 386 g/mol. The van der Waals surface area contributed by atoms with Gasteiger partial charge in [-0.05, 0) is 55.9 Å². The van der Waals surface area contributed by atoms with Crippen molar-refractivity contribution in [2.75, 3.05) is 0 Å². The Morgan fingerprint density at radius 1 is 1.07 bits per heavy atom. The Morgan fingerprint density at radius 3 is 2.41 bits per heavy atom. The van der Waals surface area contributed by atoms with Crippen LogP contribution in [0.2, 0.25) is 5.02 Å². The Labute approximate surface area is 168 Å². The van der Waals surface area contributed by atoms with E-state index in [-0.39, 0.29) is 23.5 Å². The second-order valence-electron chi connectivity index (χ2n) is 5.92. The monoisotopic (exact) mass is 405 g/mol. The van der Waals surface area contributed by atoms with Gasteiger partial charge in [0.1, 0.15) is 5.75 Å². The highest BCUT2D eigenvalue weighted by atomic mass is 35.5. The number of hydrazine groups is 1. The molecule has 142 valence electrons. The fourth-order valence-electron chi connectivity index (χ4n) is 2.17. The molecule has 0 fully saturated rings. The normalized spacial score (nSPS) is 10.2. The molecule has 6 nitrogen and oxygen atoms in total. The highest BCUT2D eigenvalue weighted by Gasteiger charge is 2.14. The minimum Gasteiger partial charge on any atom is -0.490 e. The summed E-state index contributed by atoms with van der Waals surface area (Å²) in [7, 11) is 0. The van der Waals surface area contributed by atoms with Gasteiger partial charge in [-0.2, -0.15) is 0 Å². The van der Waals surface area contributed by atoms with Crippen molar-refractivity contribution >= 4 is 40.7 Å². The SMILES string of the molecule is CC(C)Oc1ccccc1C(=O)NC(=S)NNC(=O)Cc1ccc(Cl)cc1. The number of carbonyl (C=O) groups is 2. The Hall–Kier alpha value is -2.64. The lowest BCUT2D eigenvalue weighted by Gasteiger charge is -2.15. The van der Waals surface area contributed by atoms with Crippen LogP contribution >= 0.6 is 23.8 Å². The first-order chi connectivity index (χ1) is 12.8. The van der Waals surface area contributed by atoms with Gasteiger partial charge < -0.3 is 4.74 Å². The van der Waals surface area contributed by atoms with E-state index < -0.39 is 5.91 Å². The highest BCUT2D eigenvalue weighted by molar-refractivity contribution is 7.80. The van der Waals surface area contributed by atoms with Crippen molar-refractivity contribution < 1.29 is 14.3 Å². The van der Waals surface area contributed by atoms with E-state index in [9.17, 15) is 9.59 Å². The fraction of sp³-hybridized carbons (Fsp3) is 0.211. The maximum atomic E-state index is 12.4. The smallest absolute Gasteiger partial charge is 0.261 e. The molecule has 0 spiro atoms. The summed E-state index contributed by atoms with van der Waals surface area (Å²) in [5, 5.41) is 3.08. The first-order valence-electron chi connectivity index (χ1n) is 8.25. The van der Waals surface area contributed by atoms with Gasteiger partial charge in [0.05, 0.1) is 18.1 Å². The van der Waals surface area contributed by atoms with Crippen molar-refractivity contribution in [1.29, 1.82) is 0 Å². The number of amides is 2. The molecular formula is C19H20ClN3O3S. The Kier molecular flexibility index (Phi) is 7.57. The van der Waals surface area contributed by atoms with Crippen molar-refractivity contribution in [3.05, 3.63) is 64.7 Å². The van der Waals surface area contributed by atoms with Gasteiger partial charge in [0.25, 0.3) is 5.91 Å². The molecule has 8 heteroatoms. The third-order valence-corrected chi connectivity index (χ3v) is 3.77. The number of ether oxygens (including phenoxy) is 1. The van der Waals surface area contributed by atoms with E-state index in [1.165, 1.54) is 0 Å². The van der Waals surface area contributed by atoms with Crippen LogP contribution in [0.25, 0.3) is 0 Å². The summed E-state index contributed by atoms with van der Waals surface area (Å²) in [6, 6.07) is 13.8. The van der Waals surface area contributed by atoms with Crippen LogP contribution in [-0.2, 0) is 11.2 Å². The molecule has 0 atom stereocenters. The van der Waals surface area contributed by atoms with Crippen LogP contribution in [0.15, 0.2) is 48.5 Å². The predicted molar refractivity (Wildman–Crippen MR) is 109 cm³/mol. The van der Waals surface area contributed by atoms with Crippen LogP contribution in [0.3, 0.4) is 0 Å². The van der Waals surface area contributed by atoms with Gasteiger partial charge in [0.2, 0.25) is 5.91 Å². The third kappa shape index (κ3) is 6.88. The molecule has 0 saturated carbocycles. The molecule has 0 saturated heterocycles. The molecule has 0 radical (unpaired) electrons. The number of carbonyl (C=O) groups excluding carboxylic acids is 2. The molecule has 0 aliphatic carbocycles. The lowest BCUT2D eigenvalue weighted by molar-refractivity contribution is -0.121. The lowest BCUT2D eigenvalue weighted by Crippen LogP contribution is -2.48. The molecule has 0 aromatic heterocycles. The molecule has 2 aromatic rings. The Balaban J connectivity index is 1.85. The fourth-order valence-corrected chi connectivity index (χ4v) is 2.44. The first-order valence-corrected chi connectivity index (χ1v) is 9.04. The Morgan fingerprint density at radius 2 is 1.74 bits per heavy atom. The maximum absolute atomic E-state index is 12.4. The van der Waals surface area contributed by atoms with Crippen molar-refractivity contribution in [2.45, 2.75) is 26.4 Å². The average molecular weight is 406 g/mol. The summed E-state index contributed by atoms with van der Waals surface area (Å²) in [6.07, 6.45) is 0.0717. The zero-order valence-electron chi connectivity index (χ0n) is 14.9. The number of rotatable bonds is 5. The number of benzene rings is 2. The second-order valence-corrected chi connectivity index (χ2v) is 6.77. The van der Waals surface area contributed by atoms with E-state index in [2.05, 4.69) is 16.2 Å². The number of halogens is 1. The largest absolute Gasteiger partial charge is 0.490 e. The summed E-state index contributed by atoms with van der Waals surface area (Å²) in [5.41, 5.74) is 6.10. The molecule has 0 heterocycles. The topological polar surface area (TPSA) is 79.5 Å². The van der Waals surface area contributed by atoms with E-state index in [1.54, 1.807) is 48.5 Å². The van der Waals surface area contributed by atoms with Crippen LogP contribution in [0.4, 0.5) is 0 Å². The van der Waals surface area contributed by atoms with Crippen molar-refractivity contribution in [3.8, 4) is 5.75 Å². The van der Waals surface area contributed by atoms with Gasteiger partial charge in [-0.1, -0.05) is 35.9 Å². The quantitative estimate of drug-likeness (QED) is 0.526. The minimum absolute atomic E-state index is 0.0243. The first kappa shape index (κ1) is 20.7. The summed E-state index contributed by atoms with van der Waals surface area (Å²) >= 11 is 10.9. The van der Waals surface area contributed by atoms with E-state index in [1.807, 2.05) is 13.8 Å². The predicted octanol–water partition coefficient (Wildman–Crippen LogP) is 3.01. The molecule has 0 aliphatic heterocycles. The third-order valence-electron chi connectivity index (χ3n) is 3.31. The number of para-hydroxylation sites is 1. The molecule has 2 rings (SSSR count). The van der Waals surface area contributed by atoms with Crippen LogP contribution in [0, 0.1) is 0 Å². The number of hydrogen-bond donors (Lipinski definition) is 3. The van der Waals surface area contributed by atoms with E-state index in [4.69, 9.17) is 28.6 Å². The van der Waals surface area contributed by atoms with Crippen LogP contribution in [0.5, 0.6) is 5.75 Å². The highest BCUT2D eigenvalue weighted by Crippen LogP contribution is 2.19. The maximum Gasteiger partial charge on any atom is 0.261 e. The zero-order chi connectivity index (χ0) is 19.8. The number of hydrogen-bond acceptors (Lipinski definition) is 4. The molecule has 0 bridgehead atoms. The minimum atomic E-state index is -0.435. The lowest BCUT2D eigenvalue weighted by atomic mass is 10.1. The van der Waals surface area contributed by atoms with E-state index >= 15 is 0 Å². The number of thiocarbonyl (C=S) groups is 1. The second kappa shape index (κ2) is 9.89.